The zero-order valence-electron chi connectivity index (χ0n) is 14.5. The minimum Gasteiger partial charge on any atom is -0.511 e. The number of allylic oxidation sites excluding steroid dienone is 5. The maximum atomic E-state index is 12.9. The van der Waals surface area contributed by atoms with Gasteiger partial charge in [0.05, 0.1) is 5.57 Å². The minimum absolute atomic E-state index is 0.0816. The molecule has 0 radical (unpaired) electrons. The molecule has 0 saturated heterocycles. The van der Waals surface area contributed by atoms with Gasteiger partial charge in [-0.15, -0.1) is 0 Å². The summed E-state index contributed by atoms with van der Waals surface area (Å²) in [6, 6.07) is 9.10. The molecule has 3 heteroatoms. The zero-order chi connectivity index (χ0) is 17.5. The summed E-state index contributed by atoms with van der Waals surface area (Å²) in [7, 11) is 0. The van der Waals surface area contributed by atoms with Gasteiger partial charge in [-0.3, -0.25) is 9.79 Å². The molecular weight excluding hydrogens is 298 g/mol. The normalized spacial score (nSPS) is 19.6. The summed E-state index contributed by atoms with van der Waals surface area (Å²) in [5.41, 5.74) is 0.830. The third kappa shape index (κ3) is 4.54. The Morgan fingerprint density at radius 1 is 1.21 bits per heavy atom. The maximum Gasteiger partial charge on any atom is 0.197 e. The second kappa shape index (κ2) is 8.44. The van der Waals surface area contributed by atoms with Crippen LogP contribution in [0.1, 0.15) is 37.6 Å². The van der Waals surface area contributed by atoms with Crippen LogP contribution in [0.2, 0.25) is 0 Å². The van der Waals surface area contributed by atoms with E-state index in [-0.39, 0.29) is 29.1 Å². The van der Waals surface area contributed by atoms with Crippen molar-refractivity contribution in [1.29, 1.82) is 0 Å². The molecule has 126 valence electrons. The van der Waals surface area contributed by atoms with Gasteiger partial charge in [-0.1, -0.05) is 68.5 Å². The molecule has 1 aliphatic rings. The lowest BCUT2D eigenvalue weighted by atomic mass is 9.92. The largest absolute Gasteiger partial charge is 0.511 e. The first-order valence-electron chi connectivity index (χ1n) is 8.40. The Labute approximate surface area is 144 Å². The van der Waals surface area contributed by atoms with Crippen molar-refractivity contribution < 1.29 is 9.90 Å². The lowest BCUT2D eigenvalue weighted by molar-refractivity contribution is 0.103. The number of hydrogen-bond acceptors (Lipinski definition) is 3. The Balaban J connectivity index is 2.39. The van der Waals surface area contributed by atoms with Gasteiger partial charge < -0.3 is 5.11 Å². The van der Waals surface area contributed by atoms with Crippen molar-refractivity contribution in [2.24, 2.45) is 16.8 Å². The number of ketones is 1. The quantitative estimate of drug-likeness (QED) is 0.349. The molecule has 0 fully saturated rings. The second-order valence-corrected chi connectivity index (χ2v) is 6.41. The summed E-state index contributed by atoms with van der Waals surface area (Å²) in [5.74, 6) is 0.0763. The highest BCUT2D eigenvalue weighted by atomic mass is 16.3. The number of benzene rings is 1. The van der Waals surface area contributed by atoms with Crippen LogP contribution in [0.3, 0.4) is 0 Å². The summed E-state index contributed by atoms with van der Waals surface area (Å²) in [6.45, 7) is 6.17. The molecule has 1 unspecified atom stereocenters. The number of carbonyl (C=O) groups is 1. The molecule has 3 nitrogen and oxygen atoms in total. The van der Waals surface area contributed by atoms with Crippen molar-refractivity contribution in [2.75, 3.05) is 0 Å². The van der Waals surface area contributed by atoms with E-state index >= 15 is 0 Å². The van der Waals surface area contributed by atoms with Gasteiger partial charge in [0, 0.05) is 23.7 Å². The fourth-order valence-corrected chi connectivity index (χ4v) is 2.33. The van der Waals surface area contributed by atoms with Crippen molar-refractivity contribution in [2.45, 2.75) is 33.2 Å². The van der Waals surface area contributed by atoms with Crippen molar-refractivity contribution in [1.82, 2.24) is 0 Å². The Kier molecular flexibility index (Phi) is 6.30. The Hall–Kier alpha value is -2.42. The van der Waals surface area contributed by atoms with Crippen LogP contribution < -0.4 is 0 Å². The summed E-state index contributed by atoms with van der Waals surface area (Å²) in [4.78, 5) is 17.3. The third-order valence-corrected chi connectivity index (χ3v) is 4.29. The standard InChI is InChI=1S/C21H25NO2/c1-15(2)16(3)22-14-19(20(23)17-10-6-4-7-11-17)21(24)18-12-8-5-9-13-18/h4-12,14-16,18,24H,13H2,1-3H3/b21-19+,22-14+/t16-,18?/m1/s1. The topological polar surface area (TPSA) is 49.7 Å². The fourth-order valence-electron chi connectivity index (χ4n) is 2.33. The van der Waals surface area contributed by atoms with Crippen LogP contribution in [0.5, 0.6) is 0 Å². The van der Waals surface area contributed by atoms with Crippen LogP contribution >= 0.6 is 0 Å². The first-order valence-corrected chi connectivity index (χ1v) is 8.40. The highest BCUT2D eigenvalue weighted by Gasteiger charge is 2.21. The van der Waals surface area contributed by atoms with E-state index in [1.165, 1.54) is 0 Å². The average molecular weight is 323 g/mol. The molecule has 1 aromatic rings. The monoisotopic (exact) mass is 323 g/mol. The van der Waals surface area contributed by atoms with Crippen molar-refractivity contribution >= 4 is 12.0 Å². The smallest absolute Gasteiger partial charge is 0.197 e. The van der Waals surface area contributed by atoms with Crippen LogP contribution in [-0.2, 0) is 0 Å². The molecule has 2 rings (SSSR count). The van der Waals surface area contributed by atoms with Gasteiger partial charge in [0.1, 0.15) is 5.76 Å². The molecule has 0 spiro atoms. The number of rotatable bonds is 6. The lowest BCUT2D eigenvalue weighted by Gasteiger charge is -2.16. The third-order valence-electron chi connectivity index (χ3n) is 4.29. The summed E-state index contributed by atoms with van der Waals surface area (Å²) >= 11 is 0. The predicted molar refractivity (Wildman–Crippen MR) is 99.6 cm³/mol. The number of nitrogens with zero attached hydrogens (tertiary/aromatic N) is 1. The molecule has 0 amide bonds. The second-order valence-electron chi connectivity index (χ2n) is 6.41. The number of carbonyl (C=O) groups excluding carboxylic acids is 1. The first-order chi connectivity index (χ1) is 11.5. The number of Topliss-reactive ketones (excluding diaryl/α,β-unsaturated/α-hetero) is 1. The first kappa shape index (κ1) is 17.9. The Morgan fingerprint density at radius 2 is 1.92 bits per heavy atom. The molecule has 1 aliphatic carbocycles. The van der Waals surface area contributed by atoms with E-state index in [4.69, 9.17) is 0 Å². The van der Waals surface area contributed by atoms with Gasteiger partial charge >= 0.3 is 0 Å². The van der Waals surface area contributed by atoms with Crippen molar-refractivity contribution in [3.63, 3.8) is 0 Å². The summed E-state index contributed by atoms with van der Waals surface area (Å²) < 4.78 is 0. The number of aliphatic hydroxyl groups excluding tert-OH is 1. The van der Waals surface area contributed by atoms with Crippen LogP contribution in [0.4, 0.5) is 0 Å². The van der Waals surface area contributed by atoms with Gasteiger partial charge in [-0.05, 0) is 19.3 Å². The Bertz CT molecular complexity index is 681. The van der Waals surface area contributed by atoms with Gasteiger partial charge in [-0.2, -0.15) is 0 Å². The predicted octanol–water partition coefficient (Wildman–Crippen LogP) is 4.93. The molecule has 2 atom stereocenters. The van der Waals surface area contributed by atoms with Crippen molar-refractivity contribution in [3.05, 3.63) is 71.5 Å². The van der Waals surface area contributed by atoms with Gasteiger partial charge in [0.25, 0.3) is 0 Å². The van der Waals surface area contributed by atoms with E-state index < -0.39 is 0 Å². The van der Waals surface area contributed by atoms with Gasteiger partial charge in [0.2, 0.25) is 0 Å². The molecule has 0 saturated carbocycles. The van der Waals surface area contributed by atoms with Crippen LogP contribution in [0.15, 0.2) is 71.0 Å². The molecule has 0 heterocycles. The number of hydrogen-bond donors (Lipinski definition) is 1. The molecule has 24 heavy (non-hydrogen) atoms. The van der Waals surface area contributed by atoms with Gasteiger partial charge in [0.15, 0.2) is 5.78 Å². The van der Waals surface area contributed by atoms with E-state index in [1.54, 1.807) is 18.3 Å². The molecule has 1 aromatic carbocycles. The number of aliphatic imine (C=N–C) groups is 1. The maximum absolute atomic E-state index is 12.9. The molecule has 0 bridgehead atoms. The van der Waals surface area contributed by atoms with E-state index in [2.05, 4.69) is 18.8 Å². The lowest BCUT2D eigenvalue weighted by Crippen LogP contribution is -2.15. The Morgan fingerprint density at radius 3 is 2.50 bits per heavy atom. The zero-order valence-corrected chi connectivity index (χ0v) is 14.5. The SMILES string of the molecule is CC(C)[C@@H](C)/N=C/C(C(=O)c1ccccc1)=C(\O)C1C=CC=CC1. The highest BCUT2D eigenvalue weighted by Crippen LogP contribution is 2.23. The summed E-state index contributed by atoms with van der Waals surface area (Å²) in [5, 5.41) is 10.7. The van der Waals surface area contributed by atoms with Gasteiger partial charge in [-0.25, -0.2) is 0 Å². The van der Waals surface area contributed by atoms with E-state index in [0.29, 0.717) is 17.9 Å². The van der Waals surface area contributed by atoms with E-state index in [1.807, 2.05) is 49.4 Å². The van der Waals surface area contributed by atoms with E-state index in [0.717, 1.165) is 0 Å². The molecular formula is C21H25NO2. The molecule has 1 N–H and O–H groups in total. The fraction of sp³-hybridized carbons (Fsp3) is 0.333. The highest BCUT2D eigenvalue weighted by molar-refractivity contribution is 6.21. The number of aliphatic hydroxyl groups is 1. The van der Waals surface area contributed by atoms with Crippen LogP contribution in [0.25, 0.3) is 0 Å². The molecule has 0 aliphatic heterocycles. The average Bonchev–Trinajstić information content (AvgIpc) is 2.62. The molecule has 0 aromatic heterocycles. The minimum atomic E-state index is -0.198. The van der Waals surface area contributed by atoms with Crippen molar-refractivity contribution in [3.8, 4) is 0 Å². The van der Waals surface area contributed by atoms with Crippen LogP contribution in [-0.4, -0.2) is 23.1 Å². The van der Waals surface area contributed by atoms with E-state index in [9.17, 15) is 9.90 Å². The van der Waals surface area contributed by atoms with Crippen LogP contribution in [0, 0.1) is 11.8 Å². The summed E-state index contributed by atoms with van der Waals surface area (Å²) in [6.07, 6.45) is 9.95.